The fourth-order valence-electron chi connectivity index (χ4n) is 3.73. The van der Waals surface area contributed by atoms with Gasteiger partial charge in [0.05, 0.1) is 12.8 Å². The van der Waals surface area contributed by atoms with E-state index < -0.39 is 17.1 Å². The van der Waals surface area contributed by atoms with Crippen molar-refractivity contribution >= 4 is 22.8 Å². The van der Waals surface area contributed by atoms with E-state index in [1.165, 1.54) is 29.5 Å². The number of amides is 2. The Balaban J connectivity index is 0.000000516. The SMILES string of the molecule is COc1cc(-c2c(C3CC3)cc3c(c2NC(N)=O)CCC3)ccn1.CS(=O)[O-]. The van der Waals surface area contributed by atoms with Crippen LogP contribution in [0.2, 0.25) is 0 Å². The van der Waals surface area contributed by atoms with Crippen LogP contribution in [0, 0.1) is 0 Å². The van der Waals surface area contributed by atoms with Crippen LogP contribution in [0.5, 0.6) is 5.88 Å². The van der Waals surface area contributed by atoms with Crippen molar-refractivity contribution in [3.8, 4) is 17.0 Å². The van der Waals surface area contributed by atoms with Gasteiger partial charge < -0.3 is 20.3 Å². The van der Waals surface area contributed by atoms with Crippen LogP contribution in [-0.2, 0) is 23.9 Å². The van der Waals surface area contributed by atoms with Crippen LogP contribution in [0.15, 0.2) is 24.4 Å². The summed E-state index contributed by atoms with van der Waals surface area (Å²) in [5, 5.41) is 2.91. The number of aryl methyl sites for hydroxylation is 1. The van der Waals surface area contributed by atoms with E-state index in [-0.39, 0.29) is 0 Å². The van der Waals surface area contributed by atoms with E-state index in [4.69, 9.17) is 19.2 Å². The second-order valence-corrected chi connectivity index (χ2v) is 7.76. The summed E-state index contributed by atoms with van der Waals surface area (Å²) in [5.74, 6) is 1.14. The Bertz CT molecular complexity index is 909. The third-order valence-electron chi connectivity index (χ3n) is 4.93. The molecule has 7 nitrogen and oxygen atoms in total. The molecule has 4 rings (SSSR count). The predicted molar refractivity (Wildman–Crippen MR) is 108 cm³/mol. The summed E-state index contributed by atoms with van der Waals surface area (Å²) < 4.78 is 23.3. The van der Waals surface area contributed by atoms with E-state index >= 15 is 0 Å². The van der Waals surface area contributed by atoms with Crippen molar-refractivity contribution in [2.45, 2.75) is 38.0 Å². The number of rotatable bonds is 4. The van der Waals surface area contributed by atoms with Crippen LogP contribution >= 0.6 is 0 Å². The van der Waals surface area contributed by atoms with Crippen LogP contribution in [0.4, 0.5) is 10.5 Å². The minimum atomic E-state index is -1.86. The molecule has 0 bridgehead atoms. The molecule has 8 heteroatoms. The van der Waals surface area contributed by atoms with Gasteiger partial charge >= 0.3 is 6.03 Å². The van der Waals surface area contributed by atoms with E-state index in [0.29, 0.717) is 11.8 Å². The molecule has 0 radical (unpaired) electrons. The molecular weight excluding hydrogens is 378 g/mol. The number of primary amides is 1. The largest absolute Gasteiger partial charge is 0.773 e. The molecule has 1 aromatic carbocycles. The quantitative estimate of drug-likeness (QED) is 0.762. The molecule has 0 aliphatic heterocycles. The Labute approximate surface area is 167 Å². The van der Waals surface area contributed by atoms with Gasteiger partial charge in [0, 0.05) is 17.8 Å². The smallest absolute Gasteiger partial charge is 0.316 e. The first-order valence-electron chi connectivity index (χ1n) is 9.17. The summed E-state index contributed by atoms with van der Waals surface area (Å²) >= 11 is -1.86. The average Bonchev–Trinajstić information content (AvgIpc) is 3.38. The van der Waals surface area contributed by atoms with Crippen LogP contribution in [0.3, 0.4) is 0 Å². The van der Waals surface area contributed by atoms with Gasteiger partial charge in [-0.3, -0.25) is 4.21 Å². The molecule has 2 aliphatic rings. The summed E-state index contributed by atoms with van der Waals surface area (Å²) in [6.07, 6.45) is 8.39. The monoisotopic (exact) mass is 402 g/mol. The first-order valence-corrected chi connectivity index (χ1v) is 10.7. The Morgan fingerprint density at radius 2 is 2.07 bits per heavy atom. The Morgan fingerprint density at radius 3 is 2.68 bits per heavy atom. The zero-order valence-corrected chi connectivity index (χ0v) is 16.8. The Kier molecular flexibility index (Phi) is 6.31. The summed E-state index contributed by atoms with van der Waals surface area (Å²) in [6.45, 7) is 0. The maximum atomic E-state index is 11.6. The number of hydrogen-bond acceptors (Lipinski definition) is 5. The molecule has 1 unspecified atom stereocenters. The third-order valence-corrected chi connectivity index (χ3v) is 4.93. The van der Waals surface area contributed by atoms with E-state index in [2.05, 4.69) is 16.4 Å². The molecule has 1 atom stereocenters. The zero-order chi connectivity index (χ0) is 20.3. The first kappa shape index (κ1) is 20.3. The number of aromatic nitrogens is 1. The number of carbonyl (C=O) groups excluding carboxylic acids is 1. The minimum Gasteiger partial charge on any atom is -0.773 e. The highest BCUT2D eigenvalue weighted by atomic mass is 32.2. The number of nitrogens with one attached hydrogen (secondary N) is 1. The number of urea groups is 1. The number of hydrogen-bond donors (Lipinski definition) is 2. The number of methoxy groups -OCH3 is 1. The Hall–Kier alpha value is -2.45. The summed E-state index contributed by atoms with van der Waals surface area (Å²) in [5.41, 5.74) is 12.3. The van der Waals surface area contributed by atoms with Gasteiger partial charge in [-0.25, -0.2) is 9.78 Å². The van der Waals surface area contributed by atoms with Crippen molar-refractivity contribution in [2.75, 3.05) is 18.7 Å². The number of benzene rings is 1. The number of nitrogens with two attached hydrogens (primary N) is 1. The van der Waals surface area contributed by atoms with E-state index in [9.17, 15) is 4.79 Å². The van der Waals surface area contributed by atoms with E-state index in [0.717, 1.165) is 42.3 Å². The maximum absolute atomic E-state index is 11.6. The fraction of sp³-hybridized carbons (Fsp3) is 0.400. The summed E-state index contributed by atoms with van der Waals surface area (Å²) in [7, 11) is 1.61. The molecule has 2 amide bonds. The lowest BCUT2D eigenvalue weighted by molar-refractivity contribution is 0.259. The summed E-state index contributed by atoms with van der Waals surface area (Å²) in [4.78, 5) is 15.8. The average molecular weight is 402 g/mol. The highest BCUT2D eigenvalue weighted by molar-refractivity contribution is 7.78. The molecule has 2 aromatic rings. The number of ether oxygens (including phenoxy) is 1. The molecule has 1 fully saturated rings. The number of anilines is 1. The van der Waals surface area contributed by atoms with Crippen molar-refractivity contribution in [3.63, 3.8) is 0 Å². The molecule has 0 spiro atoms. The number of nitrogens with zero attached hydrogens (tertiary/aromatic N) is 1. The van der Waals surface area contributed by atoms with Gasteiger partial charge in [0.25, 0.3) is 0 Å². The standard InChI is InChI=1S/C19H21N3O2.CH4O2S/c1-24-16-10-13(7-8-21-16)17-15(11-5-6-11)9-12-3-2-4-14(12)18(17)22-19(20)23;1-4(2)3/h7-11H,2-6H2,1H3,(H3,20,22,23);1H3,(H,2,3)/p-1. The lowest BCUT2D eigenvalue weighted by Gasteiger charge is -2.20. The highest BCUT2D eigenvalue weighted by Crippen LogP contribution is 2.50. The number of pyridine rings is 1. The molecule has 0 saturated heterocycles. The topological polar surface area (TPSA) is 117 Å². The van der Waals surface area contributed by atoms with Gasteiger partial charge in [-0.2, -0.15) is 0 Å². The van der Waals surface area contributed by atoms with Crippen molar-refractivity contribution in [2.24, 2.45) is 5.73 Å². The van der Waals surface area contributed by atoms with Crippen LogP contribution < -0.4 is 15.8 Å². The van der Waals surface area contributed by atoms with E-state index in [1.807, 2.05) is 12.1 Å². The molecule has 150 valence electrons. The third kappa shape index (κ3) is 4.69. The van der Waals surface area contributed by atoms with Crippen LogP contribution in [0.25, 0.3) is 11.1 Å². The molecule has 3 N–H and O–H groups in total. The van der Waals surface area contributed by atoms with Gasteiger partial charge in [-0.1, -0.05) is 17.1 Å². The fourth-order valence-corrected chi connectivity index (χ4v) is 3.73. The normalized spacial score (nSPS) is 15.8. The lowest BCUT2D eigenvalue weighted by atomic mass is 9.90. The Morgan fingerprint density at radius 1 is 1.36 bits per heavy atom. The number of fused-ring (bicyclic) bond motifs is 1. The zero-order valence-electron chi connectivity index (χ0n) is 16.0. The molecule has 1 saturated carbocycles. The highest BCUT2D eigenvalue weighted by Gasteiger charge is 2.31. The van der Waals surface area contributed by atoms with Crippen molar-refractivity contribution in [3.05, 3.63) is 41.1 Å². The van der Waals surface area contributed by atoms with Gasteiger partial charge in [0.15, 0.2) is 0 Å². The predicted octanol–water partition coefficient (Wildman–Crippen LogP) is 3.11. The minimum absolute atomic E-state index is 0.515. The van der Waals surface area contributed by atoms with Crippen molar-refractivity contribution in [1.29, 1.82) is 0 Å². The summed E-state index contributed by atoms with van der Waals surface area (Å²) in [6, 6.07) is 5.72. The molecular formula is C20H24N3O4S-. The second-order valence-electron chi connectivity index (χ2n) is 6.96. The van der Waals surface area contributed by atoms with Gasteiger partial charge in [0.2, 0.25) is 5.88 Å². The molecule has 2 aliphatic carbocycles. The first-order chi connectivity index (χ1) is 13.4. The van der Waals surface area contributed by atoms with Crippen molar-refractivity contribution in [1.82, 2.24) is 4.98 Å². The van der Waals surface area contributed by atoms with Crippen LogP contribution in [0.1, 0.15) is 41.9 Å². The lowest BCUT2D eigenvalue weighted by Crippen LogP contribution is -2.21. The van der Waals surface area contributed by atoms with Crippen molar-refractivity contribution < 1.29 is 18.3 Å². The molecule has 28 heavy (non-hydrogen) atoms. The second kappa shape index (κ2) is 8.70. The molecule has 1 aromatic heterocycles. The van der Waals surface area contributed by atoms with E-state index in [1.54, 1.807) is 13.3 Å². The van der Waals surface area contributed by atoms with Crippen LogP contribution in [-0.4, -0.2) is 33.1 Å². The number of carbonyl (C=O) groups is 1. The molecule has 1 heterocycles. The van der Waals surface area contributed by atoms with Gasteiger partial charge in [0.1, 0.15) is 0 Å². The maximum Gasteiger partial charge on any atom is 0.316 e. The van der Waals surface area contributed by atoms with Gasteiger partial charge in [-0.05, 0) is 72.6 Å². The van der Waals surface area contributed by atoms with Gasteiger partial charge in [-0.15, -0.1) is 0 Å².